The lowest BCUT2D eigenvalue weighted by atomic mass is 10.2. The summed E-state index contributed by atoms with van der Waals surface area (Å²) in [4.78, 5) is 35.3. The van der Waals surface area contributed by atoms with E-state index in [1.165, 1.54) is 19.2 Å². The Bertz CT molecular complexity index is 1010. The third-order valence-electron chi connectivity index (χ3n) is 3.91. The fraction of sp³-hybridized carbons (Fsp3) is 0.136. The van der Waals surface area contributed by atoms with E-state index in [-0.39, 0.29) is 24.7 Å². The summed E-state index contributed by atoms with van der Waals surface area (Å²) in [5.41, 5.74) is 0.372. The van der Waals surface area contributed by atoms with Crippen LogP contribution in [0.2, 0.25) is 0 Å². The van der Waals surface area contributed by atoms with Crippen molar-refractivity contribution in [1.29, 1.82) is 0 Å². The van der Waals surface area contributed by atoms with E-state index in [2.05, 4.69) is 10.1 Å². The number of hydrogen-bond acceptors (Lipinski definition) is 7. The summed E-state index contributed by atoms with van der Waals surface area (Å²) in [5, 5.41) is 2.48. The Hall–Kier alpha value is -4.07. The lowest BCUT2D eigenvalue weighted by Gasteiger charge is -2.08. The van der Waals surface area contributed by atoms with Crippen LogP contribution in [-0.2, 0) is 20.9 Å². The second-order valence-electron chi connectivity index (χ2n) is 6.04. The maximum absolute atomic E-state index is 12.2. The molecule has 0 saturated carbocycles. The third-order valence-corrected chi connectivity index (χ3v) is 3.91. The first kappa shape index (κ1) is 20.7. The van der Waals surface area contributed by atoms with Crippen LogP contribution in [0, 0.1) is 0 Å². The van der Waals surface area contributed by atoms with Crippen LogP contribution in [0.25, 0.3) is 0 Å². The first-order valence-electron chi connectivity index (χ1n) is 8.99. The van der Waals surface area contributed by atoms with E-state index in [0.717, 1.165) is 0 Å². The summed E-state index contributed by atoms with van der Waals surface area (Å²) < 4.78 is 20.4. The summed E-state index contributed by atoms with van der Waals surface area (Å²) in [6.45, 7) is -0.483. The molecule has 0 bridgehead atoms. The molecule has 3 rings (SSSR count). The molecule has 0 atom stereocenters. The Morgan fingerprint density at radius 1 is 0.900 bits per heavy atom. The monoisotopic (exact) mass is 409 g/mol. The van der Waals surface area contributed by atoms with Crippen LogP contribution >= 0.6 is 0 Å². The molecule has 8 heteroatoms. The van der Waals surface area contributed by atoms with Crippen molar-refractivity contribution in [3.05, 3.63) is 83.8 Å². The van der Waals surface area contributed by atoms with Crippen molar-refractivity contribution in [3.8, 4) is 11.5 Å². The first-order valence-corrected chi connectivity index (χ1v) is 8.99. The van der Waals surface area contributed by atoms with Crippen molar-refractivity contribution in [2.45, 2.75) is 6.61 Å². The van der Waals surface area contributed by atoms with Crippen molar-refractivity contribution in [3.63, 3.8) is 0 Å². The van der Waals surface area contributed by atoms with Crippen molar-refractivity contribution >= 4 is 17.8 Å². The average Bonchev–Trinajstić information content (AvgIpc) is 3.26. The van der Waals surface area contributed by atoms with Gasteiger partial charge in [0.05, 0.1) is 7.11 Å². The van der Waals surface area contributed by atoms with Crippen molar-refractivity contribution in [2.24, 2.45) is 0 Å². The number of rotatable bonds is 8. The normalized spacial score (nSPS) is 10.2. The molecule has 3 aromatic rings. The molecule has 0 aliphatic carbocycles. The number of esters is 2. The molecule has 2 aromatic carbocycles. The van der Waals surface area contributed by atoms with Crippen LogP contribution in [0.1, 0.15) is 26.7 Å². The topological polar surface area (TPSA) is 104 Å². The molecule has 0 saturated heterocycles. The predicted molar refractivity (Wildman–Crippen MR) is 105 cm³/mol. The lowest BCUT2D eigenvalue weighted by Crippen LogP contribution is -2.30. The summed E-state index contributed by atoms with van der Waals surface area (Å²) in [5.74, 6) is -0.136. The van der Waals surface area contributed by atoms with E-state index in [1.807, 2.05) is 30.3 Å². The number of amides is 1. The molecule has 1 aromatic heterocycles. The fourth-order valence-electron chi connectivity index (χ4n) is 2.42. The Labute approximate surface area is 172 Å². The van der Waals surface area contributed by atoms with Gasteiger partial charge in [-0.1, -0.05) is 18.2 Å². The zero-order valence-corrected chi connectivity index (χ0v) is 16.1. The van der Waals surface area contributed by atoms with E-state index >= 15 is 0 Å². The van der Waals surface area contributed by atoms with Gasteiger partial charge in [0.25, 0.3) is 5.91 Å². The highest BCUT2D eigenvalue weighted by Gasteiger charge is 2.13. The largest absolute Gasteiger partial charge is 0.463 e. The minimum absolute atomic E-state index is 0.0107. The molecule has 30 heavy (non-hydrogen) atoms. The van der Waals surface area contributed by atoms with Gasteiger partial charge in [0.1, 0.15) is 30.4 Å². The quantitative estimate of drug-likeness (QED) is 0.569. The number of methoxy groups -OCH3 is 1. The second-order valence-corrected chi connectivity index (χ2v) is 6.04. The van der Waals surface area contributed by atoms with Crippen LogP contribution in [0.15, 0.2) is 71.1 Å². The second kappa shape index (κ2) is 9.92. The number of para-hydroxylation sites is 1. The maximum Gasteiger partial charge on any atom is 0.373 e. The molecule has 1 amide bonds. The highest BCUT2D eigenvalue weighted by Crippen LogP contribution is 2.21. The van der Waals surface area contributed by atoms with Crippen LogP contribution in [0.4, 0.5) is 0 Å². The Morgan fingerprint density at radius 3 is 2.30 bits per heavy atom. The summed E-state index contributed by atoms with van der Waals surface area (Å²) in [6, 6.07) is 18.7. The minimum atomic E-state index is -0.650. The van der Waals surface area contributed by atoms with Gasteiger partial charge in [-0.15, -0.1) is 0 Å². The van der Waals surface area contributed by atoms with E-state index < -0.39 is 17.8 Å². The number of carbonyl (C=O) groups is 3. The smallest absolute Gasteiger partial charge is 0.373 e. The summed E-state index contributed by atoms with van der Waals surface area (Å²) in [6.07, 6.45) is 0. The van der Waals surface area contributed by atoms with E-state index in [9.17, 15) is 14.4 Å². The summed E-state index contributed by atoms with van der Waals surface area (Å²) >= 11 is 0. The van der Waals surface area contributed by atoms with Gasteiger partial charge in [-0.2, -0.15) is 0 Å². The van der Waals surface area contributed by atoms with Crippen LogP contribution in [-0.4, -0.2) is 31.5 Å². The number of benzene rings is 2. The number of hydrogen-bond donors (Lipinski definition) is 1. The number of furan rings is 1. The zero-order chi connectivity index (χ0) is 21.3. The van der Waals surface area contributed by atoms with Gasteiger partial charge in [-0.05, 0) is 48.5 Å². The lowest BCUT2D eigenvalue weighted by molar-refractivity contribution is -0.144. The molecule has 0 aliphatic heterocycles. The number of ether oxygens (including phenoxy) is 3. The van der Waals surface area contributed by atoms with Gasteiger partial charge in [0.2, 0.25) is 5.76 Å². The number of nitrogens with one attached hydrogen (secondary N) is 1. The SMILES string of the molecule is COC(=O)c1ccc(COC(=O)CNC(=O)c2ccc(Oc3ccccc3)cc2)o1. The molecular formula is C22H19NO7. The molecule has 0 radical (unpaired) electrons. The molecule has 0 aliphatic rings. The van der Waals surface area contributed by atoms with E-state index in [1.54, 1.807) is 24.3 Å². The van der Waals surface area contributed by atoms with E-state index in [0.29, 0.717) is 17.1 Å². The van der Waals surface area contributed by atoms with Gasteiger partial charge >= 0.3 is 11.9 Å². The number of carbonyl (C=O) groups excluding carboxylic acids is 3. The van der Waals surface area contributed by atoms with Gasteiger partial charge < -0.3 is 23.9 Å². The molecule has 0 fully saturated rings. The molecule has 8 nitrogen and oxygen atoms in total. The molecule has 154 valence electrons. The molecule has 0 unspecified atom stereocenters. The van der Waals surface area contributed by atoms with Gasteiger partial charge in [-0.25, -0.2) is 4.79 Å². The highest BCUT2D eigenvalue weighted by atomic mass is 16.6. The molecule has 1 heterocycles. The predicted octanol–water partition coefficient (Wildman–Crippen LogP) is 3.33. The van der Waals surface area contributed by atoms with Crippen LogP contribution in [0.5, 0.6) is 11.5 Å². The van der Waals surface area contributed by atoms with Gasteiger partial charge in [-0.3, -0.25) is 9.59 Å². The van der Waals surface area contributed by atoms with Crippen molar-refractivity contribution in [2.75, 3.05) is 13.7 Å². The van der Waals surface area contributed by atoms with Crippen LogP contribution in [0.3, 0.4) is 0 Å². The van der Waals surface area contributed by atoms with Crippen molar-refractivity contribution in [1.82, 2.24) is 5.32 Å². The van der Waals surface area contributed by atoms with Crippen molar-refractivity contribution < 1.29 is 33.0 Å². The molecule has 1 N–H and O–H groups in total. The Kier molecular flexibility index (Phi) is 6.83. The average molecular weight is 409 g/mol. The van der Waals surface area contributed by atoms with Crippen LogP contribution < -0.4 is 10.1 Å². The fourth-order valence-corrected chi connectivity index (χ4v) is 2.42. The highest BCUT2D eigenvalue weighted by molar-refractivity contribution is 5.96. The zero-order valence-electron chi connectivity index (χ0n) is 16.1. The molecular weight excluding hydrogens is 390 g/mol. The van der Waals surface area contributed by atoms with Gasteiger partial charge in [0.15, 0.2) is 0 Å². The van der Waals surface area contributed by atoms with E-state index in [4.69, 9.17) is 13.9 Å². The maximum atomic E-state index is 12.2. The first-order chi connectivity index (χ1) is 14.5. The Balaban J connectivity index is 1.43. The standard InChI is InChI=1S/C22H19NO7/c1-27-22(26)19-12-11-18(30-19)14-28-20(24)13-23-21(25)15-7-9-17(10-8-15)29-16-5-3-2-4-6-16/h2-12H,13-14H2,1H3,(H,23,25). The Morgan fingerprint density at radius 2 is 1.60 bits per heavy atom. The summed E-state index contributed by atoms with van der Waals surface area (Å²) in [7, 11) is 1.23. The third kappa shape index (κ3) is 5.71. The minimum Gasteiger partial charge on any atom is -0.463 e. The molecule has 0 spiro atoms. The van der Waals surface area contributed by atoms with Gasteiger partial charge in [0, 0.05) is 5.56 Å².